The monoisotopic (exact) mass is 406 g/mol. The van der Waals surface area contributed by atoms with Gasteiger partial charge in [-0.05, 0) is 54.2 Å². The number of rotatable bonds is 5. The minimum Gasteiger partial charge on any atom is -0.345 e. The predicted molar refractivity (Wildman–Crippen MR) is 102 cm³/mol. The van der Waals surface area contributed by atoms with E-state index in [0.717, 1.165) is 16.5 Å². The number of benzene rings is 2. The molecule has 1 aliphatic rings. The number of halogens is 1. The van der Waals surface area contributed by atoms with Gasteiger partial charge in [-0.25, -0.2) is 12.8 Å². The molecule has 6 nitrogen and oxygen atoms in total. The van der Waals surface area contributed by atoms with Gasteiger partial charge in [0, 0.05) is 12.6 Å². The molecular formula is C20H23FN2O4S. The molecule has 2 atom stereocenters. The average Bonchev–Trinajstić information content (AvgIpc) is 2.69. The van der Waals surface area contributed by atoms with Gasteiger partial charge in [-0.3, -0.25) is 9.63 Å². The Bertz CT molecular complexity index is 993. The van der Waals surface area contributed by atoms with Crippen molar-refractivity contribution >= 4 is 15.9 Å². The number of amides is 1. The lowest BCUT2D eigenvalue weighted by atomic mass is 9.80. The number of nitrogens with one attached hydrogen (secondary N) is 1. The normalized spacial score (nSPS) is 19.3. The molecule has 2 aromatic carbocycles. The molecule has 0 aliphatic heterocycles. The van der Waals surface area contributed by atoms with Gasteiger partial charge in [-0.1, -0.05) is 29.6 Å². The van der Waals surface area contributed by atoms with Crippen molar-refractivity contribution in [1.29, 1.82) is 0 Å². The number of hydrogen-bond acceptors (Lipinski definition) is 4. The van der Waals surface area contributed by atoms with E-state index < -0.39 is 15.9 Å². The highest BCUT2D eigenvalue weighted by Crippen LogP contribution is 2.35. The van der Waals surface area contributed by atoms with Gasteiger partial charge < -0.3 is 5.32 Å². The van der Waals surface area contributed by atoms with Crippen LogP contribution in [0.5, 0.6) is 0 Å². The second-order valence-electron chi connectivity index (χ2n) is 6.90. The van der Waals surface area contributed by atoms with Crippen molar-refractivity contribution < 1.29 is 22.4 Å². The summed E-state index contributed by atoms with van der Waals surface area (Å²) in [5.74, 6) is -0.546. The van der Waals surface area contributed by atoms with E-state index in [9.17, 15) is 17.6 Å². The number of hydroxylamine groups is 1. The summed E-state index contributed by atoms with van der Waals surface area (Å²) in [5.41, 5.74) is 1.61. The molecule has 0 fully saturated rings. The summed E-state index contributed by atoms with van der Waals surface area (Å²) in [6.45, 7) is 2.01. The summed E-state index contributed by atoms with van der Waals surface area (Å²) >= 11 is 0. The zero-order chi connectivity index (χ0) is 20.5. The number of carbonyl (C=O) groups is 1. The summed E-state index contributed by atoms with van der Waals surface area (Å²) in [7, 11) is -1.34. The number of fused-ring (bicyclic) bond motifs is 1. The largest absolute Gasteiger partial charge is 0.345 e. The van der Waals surface area contributed by atoms with Gasteiger partial charge in [0.1, 0.15) is 5.82 Å². The van der Waals surface area contributed by atoms with Gasteiger partial charge in [0.15, 0.2) is 0 Å². The molecule has 0 radical (unpaired) electrons. The molecule has 1 amide bonds. The van der Waals surface area contributed by atoms with Crippen molar-refractivity contribution in [3.05, 3.63) is 65.0 Å². The third kappa shape index (κ3) is 3.80. The summed E-state index contributed by atoms with van der Waals surface area (Å²) in [5, 5.41) is 2.94. The third-order valence-electron chi connectivity index (χ3n) is 5.19. The molecule has 2 aromatic rings. The Morgan fingerprint density at radius 2 is 1.96 bits per heavy atom. The minimum atomic E-state index is -3.86. The van der Waals surface area contributed by atoms with E-state index >= 15 is 0 Å². The molecule has 0 saturated carbocycles. The Balaban J connectivity index is 1.89. The van der Waals surface area contributed by atoms with Crippen molar-refractivity contribution in [1.82, 2.24) is 9.79 Å². The lowest BCUT2D eigenvalue weighted by Gasteiger charge is -2.32. The number of hydrogen-bond donors (Lipinski definition) is 1. The van der Waals surface area contributed by atoms with E-state index in [2.05, 4.69) is 5.32 Å². The predicted octanol–water partition coefficient (Wildman–Crippen LogP) is 3.06. The van der Waals surface area contributed by atoms with E-state index in [1.54, 1.807) is 12.1 Å². The molecule has 0 saturated heterocycles. The van der Waals surface area contributed by atoms with Crippen molar-refractivity contribution in [2.75, 3.05) is 14.2 Å². The molecule has 2 unspecified atom stereocenters. The third-order valence-corrected chi connectivity index (χ3v) is 6.86. The standard InChI is InChI=1S/C20H23FN2O4S/c1-13-10-11-16-17(8-5-9-18(16)21)19(13)22-20(24)14-6-4-7-15(12-14)28(25,26)23(2)27-3/h4-9,12-13,19H,10-11H2,1-3H3,(H,22,24). The van der Waals surface area contributed by atoms with Gasteiger partial charge in [-0.15, -0.1) is 0 Å². The Labute approximate surface area is 164 Å². The van der Waals surface area contributed by atoms with Crippen LogP contribution in [0.4, 0.5) is 4.39 Å². The first-order valence-electron chi connectivity index (χ1n) is 8.97. The van der Waals surface area contributed by atoms with Crippen LogP contribution in [0.25, 0.3) is 0 Å². The van der Waals surface area contributed by atoms with Gasteiger partial charge in [0.25, 0.3) is 15.9 Å². The van der Waals surface area contributed by atoms with Crippen LogP contribution in [0.3, 0.4) is 0 Å². The molecule has 0 heterocycles. The molecule has 0 bridgehead atoms. The molecular weight excluding hydrogens is 383 g/mol. The first kappa shape index (κ1) is 20.4. The van der Waals surface area contributed by atoms with Crippen molar-refractivity contribution in [3.8, 4) is 0 Å². The van der Waals surface area contributed by atoms with Crippen molar-refractivity contribution in [2.45, 2.75) is 30.7 Å². The number of nitrogens with zero attached hydrogens (tertiary/aromatic N) is 1. The molecule has 0 spiro atoms. The SMILES string of the molecule is CON(C)S(=O)(=O)c1cccc(C(=O)NC2c3cccc(F)c3CCC2C)c1. The fourth-order valence-corrected chi connectivity index (χ4v) is 4.48. The quantitative estimate of drug-likeness (QED) is 0.775. The fourth-order valence-electron chi connectivity index (χ4n) is 3.46. The average molecular weight is 406 g/mol. The van der Waals surface area contributed by atoms with Crippen LogP contribution in [0, 0.1) is 11.7 Å². The molecule has 8 heteroatoms. The van der Waals surface area contributed by atoms with Crippen LogP contribution >= 0.6 is 0 Å². The fraction of sp³-hybridized carbons (Fsp3) is 0.350. The zero-order valence-corrected chi connectivity index (χ0v) is 16.8. The van der Waals surface area contributed by atoms with Gasteiger partial charge in [0.05, 0.1) is 18.0 Å². The maximum atomic E-state index is 14.1. The molecule has 3 rings (SSSR count). The topological polar surface area (TPSA) is 75.7 Å². The molecule has 150 valence electrons. The van der Waals surface area contributed by atoms with Crippen LogP contribution in [0.1, 0.15) is 40.9 Å². The summed E-state index contributed by atoms with van der Waals surface area (Å²) in [6.07, 6.45) is 1.39. The van der Waals surface area contributed by atoms with Gasteiger partial charge in [-0.2, -0.15) is 0 Å². The van der Waals surface area contributed by atoms with Gasteiger partial charge in [0.2, 0.25) is 0 Å². The van der Waals surface area contributed by atoms with E-state index in [1.165, 1.54) is 38.4 Å². The summed E-state index contributed by atoms with van der Waals surface area (Å²) in [6, 6.07) is 10.3. The Hall–Kier alpha value is -2.29. The lowest BCUT2D eigenvalue weighted by molar-refractivity contribution is -0.0258. The highest BCUT2D eigenvalue weighted by Gasteiger charge is 2.30. The highest BCUT2D eigenvalue weighted by molar-refractivity contribution is 7.89. The molecule has 28 heavy (non-hydrogen) atoms. The first-order chi connectivity index (χ1) is 13.3. The van der Waals surface area contributed by atoms with E-state index in [4.69, 9.17) is 4.84 Å². The number of sulfonamides is 1. The Morgan fingerprint density at radius 3 is 2.68 bits per heavy atom. The zero-order valence-electron chi connectivity index (χ0n) is 16.0. The smallest absolute Gasteiger partial charge is 0.264 e. The van der Waals surface area contributed by atoms with Crippen LogP contribution in [-0.4, -0.2) is 33.0 Å². The second kappa shape index (κ2) is 7.98. The van der Waals surface area contributed by atoms with E-state index in [1.807, 2.05) is 13.0 Å². The Kier molecular flexibility index (Phi) is 5.83. The Morgan fingerprint density at radius 1 is 1.25 bits per heavy atom. The minimum absolute atomic E-state index is 0.0485. The van der Waals surface area contributed by atoms with Crippen molar-refractivity contribution in [2.24, 2.45) is 5.92 Å². The van der Waals surface area contributed by atoms with Crippen LogP contribution in [0.15, 0.2) is 47.4 Å². The highest BCUT2D eigenvalue weighted by atomic mass is 32.2. The van der Waals surface area contributed by atoms with E-state index in [-0.39, 0.29) is 28.2 Å². The maximum absolute atomic E-state index is 14.1. The number of carbonyl (C=O) groups excluding carboxylic acids is 1. The first-order valence-corrected chi connectivity index (χ1v) is 10.4. The van der Waals surface area contributed by atoms with Crippen LogP contribution in [0.2, 0.25) is 0 Å². The molecule has 1 aliphatic carbocycles. The van der Waals surface area contributed by atoms with Crippen LogP contribution in [-0.2, 0) is 21.3 Å². The molecule has 1 N–H and O–H groups in total. The van der Waals surface area contributed by atoms with E-state index in [0.29, 0.717) is 12.0 Å². The summed E-state index contributed by atoms with van der Waals surface area (Å²) < 4.78 is 39.7. The maximum Gasteiger partial charge on any atom is 0.264 e. The van der Waals surface area contributed by atoms with Crippen LogP contribution < -0.4 is 5.32 Å². The lowest BCUT2D eigenvalue weighted by Crippen LogP contribution is -2.36. The van der Waals surface area contributed by atoms with Crippen molar-refractivity contribution in [3.63, 3.8) is 0 Å². The van der Waals surface area contributed by atoms with Gasteiger partial charge >= 0.3 is 0 Å². The summed E-state index contributed by atoms with van der Waals surface area (Å²) in [4.78, 5) is 17.5. The molecule has 0 aromatic heterocycles. The second-order valence-corrected chi connectivity index (χ2v) is 8.84.